The van der Waals surface area contributed by atoms with E-state index in [4.69, 9.17) is 14.2 Å². The maximum atomic E-state index is 13.6. The van der Waals surface area contributed by atoms with Gasteiger partial charge in [-0.05, 0) is 44.2 Å². The molecule has 1 atom stereocenters. The minimum absolute atomic E-state index is 0.396. The minimum Gasteiger partial charge on any atom is -0.492 e. The van der Waals surface area contributed by atoms with Crippen LogP contribution in [0.1, 0.15) is 37.8 Å². The first-order chi connectivity index (χ1) is 18.5. The van der Waals surface area contributed by atoms with Crippen LogP contribution in [0.25, 0.3) is 0 Å². The molecule has 1 spiro atoms. The molecule has 2 heterocycles. The summed E-state index contributed by atoms with van der Waals surface area (Å²) in [6.45, 7) is 6.87. The van der Waals surface area contributed by atoms with Gasteiger partial charge in [0.05, 0.1) is 37.8 Å². The van der Waals surface area contributed by atoms with Crippen molar-refractivity contribution >= 4 is 29.2 Å². The molecule has 10 heteroatoms. The van der Waals surface area contributed by atoms with E-state index in [0.717, 1.165) is 34.6 Å². The first-order valence-electron chi connectivity index (χ1n) is 13.3. The van der Waals surface area contributed by atoms with Gasteiger partial charge in [0.15, 0.2) is 0 Å². The van der Waals surface area contributed by atoms with Gasteiger partial charge in [0, 0.05) is 25.2 Å². The lowest BCUT2D eigenvalue weighted by molar-refractivity contribution is -0.134. The third-order valence-electron chi connectivity index (χ3n) is 7.24. The molecule has 38 heavy (non-hydrogen) atoms. The quantitative estimate of drug-likeness (QED) is 0.513. The van der Waals surface area contributed by atoms with E-state index in [1.54, 1.807) is 6.07 Å². The second-order valence-corrected chi connectivity index (χ2v) is 9.57. The van der Waals surface area contributed by atoms with Crippen molar-refractivity contribution in [2.75, 3.05) is 56.3 Å². The molecule has 0 radical (unpaired) electrons. The summed E-state index contributed by atoms with van der Waals surface area (Å²) in [4.78, 5) is 42.9. The largest absolute Gasteiger partial charge is 0.492 e. The molecular formula is C28H34N4O6. The molecule has 5 rings (SSSR count). The molecule has 2 aromatic rings. The standard InChI is InChI=1S/C28H34N4O6/c1-3-37-23-17-22(31-12-14-36-15-13-31)24(38-4-2)16-21(23)29-25(33)18-32-26(34)28(30-27(32)35)11-7-9-19-8-5-6-10-20(19)28/h5-6,8,10,16-17H,3-4,7,9,11-15,18H2,1-2H3,(H,29,33)(H,30,35). The highest BCUT2D eigenvalue weighted by Gasteiger charge is 2.54. The highest BCUT2D eigenvalue weighted by atomic mass is 16.5. The number of ether oxygens (including phenoxy) is 3. The van der Waals surface area contributed by atoms with E-state index in [9.17, 15) is 14.4 Å². The van der Waals surface area contributed by atoms with Gasteiger partial charge >= 0.3 is 6.03 Å². The third kappa shape index (κ3) is 4.76. The predicted molar refractivity (Wildman–Crippen MR) is 142 cm³/mol. The van der Waals surface area contributed by atoms with Crippen molar-refractivity contribution in [2.45, 2.75) is 38.6 Å². The van der Waals surface area contributed by atoms with Crippen LogP contribution < -0.4 is 25.0 Å². The number of rotatable bonds is 8. The van der Waals surface area contributed by atoms with Crippen LogP contribution in [-0.4, -0.2) is 68.8 Å². The molecule has 2 aromatic carbocycles. The SMILES string of the molecule is CCOc1cc(N2CCOCC2)c(OCC)cc1NC(=O)CN1C(=O)NC2(CCCc3ccccc32)C1=O. The Labute approximate surface area is 222 Å². The number of carbonyl (C=O) groups excluding carboxylic acids is 3. The first kappa shape index (κ1) is 25.8. The van der Waals surface area contributed by atoms with Crippen molar-refractivity contribution in [1.29, 1.82) is 0 Å². The number of benzene rings is 2. The summed E-state index contributed by atoms with van der Waals surface area (Å²) in [6.07, 6.45) is 2.13. The van der Waals surface area contributed by atoms with Crippen LogP contribution in [0.2, 0.25) is 0 Å². The molecular weight excluding hydrogens is 488 g/mol. The minimum atomic E-state index is -1.12. The van der Waals surface area contributed by atoms with Crippen molar-refractivity contribution in [3.05, 3.63) is 47.5 Å². The fourth-order valence-corrected chi connectivity index (χ4v) is 5.53. The third-order valence-corrected chi connectivity index (χ3v) is 7.24. The summed E-state index contributed by atoms with van der Waals surface area (Å²) < 4.78 is 17.2. The topological polar surface area (TPSA) is 109 Å². The fraction of sp³-hybridized carbons (Fsp3) is 0.464. The number of fused-ring (bicyclic) bond motifs is 2. The average Bonchev–Trinajstić information content (AvgIpc) is 3.15. The number of hydrogen-bond donors (Lipinski definition) is 2. The second kappa shape index (κ2) is 10.9. The van der Waals surface area contributed by atoms with E-state index in [-0.39, 0.29) is 0 Å². The Hall–Kier alpha value is -3.79. The number of imide groups is 1. The van der Waals surface area contributed by atoms with Gasteiger partial charge in [0.1, 0.15) is 23.6 Å². The molecule has 2 aliphatic heterocycles. The smallest absolute Gasteiger partial charge is 0.325 e. The Morgan fingerprint density at radius 2 is 1.82 bits per heavy atom. The van der Waals surface area contributed by atoms with Crippen molar-refractivity contribution in [2.24, 2.45) is 0 Å². The Morgan fingerprint density at radius 3 is 2.58 bits per heavy atom. The molecule has 202 valence electrons. The maximum Gasteiger partial charge on any atom is 0.325 e. The van der Waals surface area contributed by atoms with Gasteiger partial charge in [0.2, 0.25) is 5.91 Å². The van der Waals surface area contributed by atoms with Crippen LogP contribution in [0.4, 0.5) is 16.2 Å². The summed E-state index contributed by atoms with van der Waals surface area (Å²) in [7, 11) is 0. The van der Waals surface area contributed by atoms with Crippen LogP contribution in [0.15, 0.2) is 36.4 Å². The average molecular weight is 523 g/mol. The molecule has 2 N–H and O–H groups in total. The Balaban J connectivity index is 1.37. The zero-order valence-corrected chi connectivity index (χ0v) is 21.9. The normalized spacial score (nSPS) is 20.8. The molecule has 10 nitrogen and oxygen atoms in total. The lowest BCUT2D eigenvalue weighted by Gasteiger charge is -2.33. The van der Waals surface area contributed by atoms with E-state index in [1.165, 1.54) is 0 Å². The number of urea groups is 1. The van der Waals surface area contributed by atoms with Crippen molar-refractivity contribution in [3.8, 4) is 11.5 Å². The van der Waals surface area contributed by atoms with Crippen molar-refractivity contribution in [1.82, 2.24) is 10.2 Å². The number of amides is 4. The van der Waals surface area contributed by atoms with E-state index in [0.29, 0.717) is 63.1 Å². The van der Waals surface area contributed by atoms with Crippen LogP contribution in [-0.2, 0) is 26.3 Å². The molecule has 2 fully saturated rings. The Bertz CT molecular complexity index is 1230. The number of nitrogens with one attached hydrogen (secondary N) is 2. The second-order valence-electron chi connectivity index (χ2n) is 9.57. The zero-order valence-electron chi connectivity index (χ0n) is 21.9. The summed E-state index contributed by atoms with van der Waals surface area (Å²) >= 11 is 0. The molecule has 1 unspecified atom stereocenters. The summed E-state index contributed by atoms with van der Waals surface area (Å²) in [5.41, 5.74) is 2.02. The highest BCUT2D eigenvalue weighted by molar-refractivity contribution is 6.10. The van der Waals surface area contributed by atoms with E-state index in [1.807, 2.05) is 44.2 Å². The molecule has 1 aliphatic carbocycles. The number of anilines is 2. The Morgan fingerprint density at radius 1 is 1.08 bits per heavy atom. The zero-order chi connectivity index (χ0) is 26.7. The van der Waals surface area contributed by atoms with E-state index in [2.05, 4.69) is 15.5 Å². The molecule has 0 aromatic heterocycles. The lowest BCUT2D eigenvalue weighted by Crippen LogP contribution is -2.47. The lowest BCUT2D eigenvalue weighted by atomic mass is 9.76. The van der Waals surface area contributed by atoms with Gasteiger partial charge in [-0.1, -0.05) is 24.3 Å². The molecule has 0 bridgehead atoms. The maximum absolute atomic E-state index is 13.6. The van der Waals surface area contributed by atoms with Crippen LogP contribution in [0.5, 0.6) is 11.5 Å². The molecule has 4 amide bonds. The van der Waals surface area contributed by atoms with Gasteiger partial charge < -0.3 is 29.7 Å². The van der Waals surface area contributed by atoms with Crippen LogP contribution >= 0.6 is 0 Å². The number of aryl methyl sites for hydroxylation is 1. The predicted octanol–water partition coefficient (Wildman–Crippen LogP) is 3.04. The van der Waals surface area contributed by atoms with E-state index < -0.39 is 29.9 Å². The van der Waals surface area contributed by atoms with E-state index >= 15 is 0 Å². The highest BCUT2D eigenvalue weighted by Crippen LogP contribution is 2.41. The number of hydrogen-bond acceptors (Lipinski definition) is 7. The molecule has 0 saturated carbocycles. The van der Waals surface area contributed by atoms with Crippen LogP contribution in [0.3, 0.4) is 0 Å². The van der Waals surface area contributed by atoms with Gasteiger partial charge in [-0.15, -0.1) is 0 Å². The first-order valence-corrected chi connectivity index (χ1v) is 13.3. The van der Waals surface area contributed by atoms with Gasteiger partial charge in [-0.3, -0.25) is 14.5 Å². The van der Waals surface area contributed by atoms with Crippen molar-refractivity contribution < 1.29 is 28.6 Å². The fourth-order valence-electron chi connectivity index (χ4n) is 5.53. The summed E-state index contributed by atoms with van der Waals surface area (Å²) in [6, 6.07) is 10.7. The van der Waals surface area contributed by atoms with Gasteiger partial charge in [-0.2, -0.15) is 0 Å². The summed E-state index contributed by atoms with van der Waals surface area (Å²) in [5.74, 6) is 0.200. The number of nitrogens with zero attached hydrogens (tertiary/aromatic N) is 2. The monoisotopic (exact) mass is 522 g/mol. The number of carbonyl (C=O) groups is 3. The Kier molecular flexibility index (Phi) is 7.42. The molecule has 3 aliphatic rings. The van der Waals surface area contributed by atoms with Gasteiger partial charge in [-0.25, -0.2) is 4.79 Å². The van der Waals surface area contributed by atoms with Gasteiger partial charge in [0.25, 0.3) is 5.91 Å². The number of morpholine rings is 1. The molecule has 2 saturated heterocycles. The summed E-state index contributed by atoms with van der Waals surface area (Å²) in [5, 5.41) is 5.73. The van der Waals surface area contributed by atoms with Crippen molar-refractivity contribution in [3.63, 3.8) is 0 Å². The van der Waals surface area contributed by atoms with Crippen LogP contribution in [0, 0.1) is 0 Å².